The summed E-state index contributed by atoms with van der Waals surface area (Å²) in [5.41, 5.74) is 4.04. The molecule has 4 rings (SSSR count). The van der Waals surface area contributed by atoms with Crippen LogP contribution in [0, 0.1) is 15.4 Å². The van der Waals surface area contributed by atoms with Crippen molar-refractivity contribution in [1.29, 1.82) is 0 Å². The minimum Gasteiger partial charge on any atom is -0.472 e. The molecule has 0 aliphatic carbocycles. The van der Waals surface area contributed by atoms with E-state index in [1.165, 1.54) is 0 Å². The molecule has 0 spiro atoms. The van der Waals surface area contributed by atoms with Crippen LogP contribution in [0.15, 0.2) is 67.0 Å². The van der Waals surface area contributed by atoms with Crippen molar-refractivity contribution in [2.45, 2.75) is 20.0 Å². The molecule has 2 aromatic carbocycles. The zero-order chi connectivity index (χ0) is 19.3. The zero-order valence-electron chi connectivity index (χ0n) is 15.4. The number of aromatic nitrogens is 3. The lowest BCUT2D eigenvalue weighted by Crippen LogP contribution is -2.02. The molecule has 4 aromatic rings. The van der Waals surface area contributed by atoms with Crippen molar-refractivity contribution >= 4 is 33.5 Å². The summed E-state index contributed by atoms with van der Waals surface area (Å²) < 4.78 is 8.93. The number of benzene rings is 2. The molecule has 4 nitrogen and oxygen atoms in total. The van der Waals surface area contributed by atoms with Crippen molar-refractivity contribution in [3.63, 3.8) is 0 Å². The molecule has 0 radical (unpaired) electrons. The van der Waals surface area contributed by atoms with Gasteiger partial charge in [0.15, 0.2) is 0 Å². The minimum atomic E-state index is 0.399. The van der Waals surface area contributed by atoms with E-state index in [-0.39, 0.29) is 0 Å². The van der Waals surface area contributed by atoms with E-state index in [1.807, 2.05) is 60.3 Å². The lowest BCUT2D eigenvalue weighted by atomic mass is 10.1. The monoisotopic (exact) mass is 479 g/mol. The quantitative estimate of drug-likeness (QED) is 0.292. The van der Waals surface area contributed by atoms with Gasteiger partial charge in [-0.1, -0.05) is 37.0 Å². The molecule has 0 unspecified atom stereocenters. The summed E-state index contributed by atoms with van der Waals surface area (Å²) in [6.07, 6.45) is 4.43. The van der Waals surface area contributed by atoms with Crippen LogP contribution in [0.1, 0.15) is 24.5 Å². The van der Waals surface area contributed by atoms with Gasteiger partial charge in [-0.05, 0) is 59.0 Å². The predicted octanol–water partition coefficient (Wildman–Crippen LogP) is 5.37. The number of fused-ring (bicyclic) bond motifs is 1. The fraction of sp³-hybridized carbons (Fsp3) is 0.130. The van der Waals surface area contributed by atoms with Crippen LogP contribution in [0.2, 0.25) is 0 Å². The highest BCUT2D eigenvalue weighted by molar-refractivity contribution is 14.1. The highest BCUT2D eigenvalue weighted by atomic mass is 127. The van der Waals surface area contributed by atoms with Crippen molar-refractivity contribution in [3.8, 4) is 23.4 Å². The number of nitrogens with zero attached hydrogens (tertiary/aromatic N) is 3. The normalized spacial score (nSPS) is 10.5. The summed E-state index contributed by atoms with van der Waals surface area (Å²) in [5.74, 6) is 7.07. The summed E-state index contributed by atoms with van der Waals surface area (Å²) in [6, 6.07) is 18.2. The Morgan fingerprint density at radius 2 is 1.96 bits per heavy atom. The van der Waals surface area contributed by atoms with Crippen LogP contribution >= 0.6 is 22.6 Å². The first-order valence-corrected chi connectivity index (χ1v) is 10.1. The van der Waals surface area contributed by atoms with E-state index in [0.29, 0.717) is 12.5 Å². The van der Waals surface area contributed by atoms with Crippen molar-refractivity contribution in [2.75, 3.05) is 0 Å². The summed E-state index contributed by atoms with van der Waals surface area (Å²) in [4.78, 5) is 4.32. The molecule has 0 amide bonds. The van der Waals surface area contributed by atoms with Gasteiger partial charge in [-0.15, -0.1) is 0 Å². The van der Waals surface area contributed by atoms with Crippen LogP contribution in [0.4, 0.5) is 0 Å². The maximum absolute atomic E-state index is 6.00. The summed E-state index contributed by atoms with van der Waals surface area (Å²) in [7, 11) is 0. The first-order valence-electron chi connectivity index (χ1n) is 9.04. The first kappa shape index (κ1) is 18.5. The van der Waals surface area contributed by atoms with Crippen LogP contribution in [0.5, 0.6) is 5.88 Å². The Morgan fingerprint density at radius 1 is 1.11 bits per heavy atom. The van der Waals surface area contributed by atoms with Gasteiger partial charge >= 0.3 is 0 Å². The van der Waals surface area contributed by atoms with Gasteiger partial charge in [-0.3, -0.25) is 0 Å². The number of rotatable bonds is 4. The van der Waals surface area contributed by atoms with Gasteiger partial charge in [0.05, 0.1) is 21.0 Å². The van der Waals surface area contributed by atoms with E-state index in [9.17, 15) is 0 Å². The van der Waals surface area contributed by atoms with E-state index < -0.39 is 0 Å². The minimum absolute atomic E-state index is 0.399. The highest BCUT2D eigenvalue weighted by Gasteiger charge is 2.11. The van der Waals surface area contributed by atoms with E-state index in [2.05, 4.69) is 56.6 Å². The Kier molecular flexibility index (Phi) is 5.58. The largest absolute Gasteiger partial charge is 0.472 e. The third-order valence-electron chi connectivity index (χ3n) is 4.28. The fourth-order valence-electron chi connectivity index (χ4n) is 2.94. The third-order valence-corrected chi connectivity index (χ3v) is 5.10. The molecule has 5 heteroatoms. The molecule has 0 atom stereocenters. The van der Waals surface area contributed by atoms with E-state index >= 15 is 0 Å². The van der Waals surface area contributed by atoms with Crippen molar-refractivity contribution in [3.05, 3.63) is 81.7 Å². The summed E-state index contributed by atoms with van der Waals surface area (Å²) in [6.45, 7) is 2.45. The molecule has 0 saturated carbocycles. The smallest absolute Gasteiger partial charge is 0.227 e. The molecule has 0 N–H and O–H groups in total. The Morgan fingerprint density at radius 3 is 2.75 bits per heavy atom. The van der Waals surface area contributed by atoms with Crippen LogP contribution < -0.4 is 4.74 Å². The first-order chi connectivity index (χ1) is 13.8. The Hall–Kier alpha value is -2.85. The van der Waals surface area contributed by atoms with Gasteiger partial charge < -0.3 is 4.74 Å². The van der Waals surface area contributed by atoms with Gasteiger partial charge in [0.25, 0.3) is 0 Å². The number of hydrogen-bond acceptors (Lipinski definition) is 3. The number of ether oxygens (including phenoxy) is 1. The maximum Gasteiger partial charge on any atom is 0.227 e. The molecule has 2 heterocycles. The average molecular weight is 479 g/mol. The number of halogens is 1. The molecule has 138 valence electrons. The molecule has 28 heavy (non-hydrogen) atoms. The highest BCUT2D eigenvalue weighted by Crippen LogP contribution is 2.24. The molecule has 2 aromatic heterocycles. The fourth-order valence-corrected chi connectivity index (χ4v) is 3.44. The van der Waals surface area contributed by atoms with Gasteiger partial charge in [-0.2, -0.15) is 5.10 Å². The second-order valence-corrected chi connectivity index (χ2v) is 7.36. The van der Waals surface area contributed by atoms with Crippen LogP contribution in [0.25, 0.3) is 16.6 Å². The van der Waals surface area contributed by atoms with Crippen molar-refractivity contribution < 1.29 is 4.74 Å². The molecular formula is C23H18IN3O. The standard InChI is InChI=1S/C23H18IN3O/c1-2-3-8-17-13-18-15-26-27(20-9-5-4-6-10-20)22(18)14-19(17)16-28-23-21(24)11-7-12-25-23/h4-7,9-15H,2,16H2,1H3. The van der Waals surface area contributed by atoms with E-state index in [0.717, 1.165) is 37.7 Å². The Labute approximate surface area is 177 Å². The van der Waals surface area contributed by atoms with Crippen LogP contribution in [-0.4, -0.2) is 14.8 Å². The summed E-state index contributed by atoms with van der Waals surface area (Å²) >= 11 is 2.23. The Balaban J connectivity index is 1.76. The number of hydrogen-bond donors (Lipinski definition) is 0. The molecular weight excluding hydrogens is 461 g/mol. The van der Waals surface area contributed by atoms with E-state index in [1.54, 1.807) is 6.20 Å². The van der Waals surface area contributed by atoms with Crippen molar-refractivity contribution in [1.82, 2.24) is 14.8 Å². The van der Waals surface area contributed by atoms with Gasteiger partial charge in [0, 0.05) is 29.1 Å². The predicted molar refractivity (Wildman–Crippen MR) is 120 cm³/mol. The van der Waals surface area contributed by atoms with Gasteiger partial charge in [0.2, 0.25) is 5.88 Å². The number of pyridine rings is 1. The SMILES string of the molecule is CCC#Cc1cc2cnn(-c3ccccc3)c2cc1COc1ncccc1I. The molecule has 0 fully saturated rings. The average Bonchev–Trinajstić information content (AvgIpc) is 3.14. The number of para-hydroxylation sites is 1. The maximum atomic E-state index is 6.00. The molecule has 0 aliphatic heterocycles. The second kappa shape index (κ2) is 8.44. The third kappa shape index (κ3) is 3.87. The second-order valence-electron chi connectivity index (χ2n) is 6.19. The lowest BCUT2D eigenvalue weighted by Gasteiger charge is -2.10. The van der Waals surface area contributed by atoms with Crippen LogP contribution in [0.3, 0.4) is 0 Å². The van der Waals surface area contributed by atoms with Crippen molar-refractivity contribution in [2.24, 2.45) is 0 Å². The van der Waals surface area contributed by atoms with Gasteiger partial charge in [-0.25, -0.2) is 9.67 Å². The van der Waals surface area contributed by atoms with E-state index in [4.69, 9.17) is 4.74 Å². The van der Waals surface area contributed by atoms with Crippen LogP contribution in [-0.2, 0) is 6.61 Å². The Bertz CT molecular complexity index is 1170. The molecule has 0 bridgehead atoms. The molecule has 0 saturated heterocycles. The zero-order valence-corrected chi connectivity index (χ0v) is 17.6. The lowest BCUT2D eigenvalue weighted by molar-refractivity contribution is 0.291. The molecule has 0 aliphatic rings. The topological polar surface area (TPSA) is 39.9 Å². The van der Waals surface area contributed by atoms with Gasteiger partial charge in [0.1, 0.15) is 6.61 Å². The summed E-state index contributed by atoms with van der Waals surface area (Å²) in [5, 5.41) is 5.63.